The van der Waals surface area contributed by atoms with Crippen LogP contribution in [0.2, 0.25) is 0 Å². The van der Waals surface area contributed by atoms with Crippen molar-refractivity contribution in [3.63, 3.8) is 0 Å². The number of nitrogens with one attached hydrogen (secondary N) is 2. The van der Waals surface area contributed by atoms with E-state index in [4.69, 9.17) is 9.47 Å². The van der Waals surface area contributed by atoms with E-state index in [-0.39, 0.29) is 35.9 Å². The highest BCUT2D eigenvalue weighted by molar-refractivity contribution is 6.39. The fourth-order valence-corrected chi connectivity index (χ4v) is 7.34. The quantitative estimate of drug-likeness (QED) is 0.0953. The van der Waals surface area contributed by atoms with E-state index >= 15 is 0 Å². The normalized spacial score (nSPS) is 13.2. The van der Waals surface area contributed by atoms with Gasteiger partial charge in [-0.3, -0.25) is 15.4 Å². The number of allylic oxidation sites excluding steroid dienone is 7. The van der Waals surface area contributed by atoms with Crippen molar-refractivity contribution in [1.29, 1.82) is 0 Å². The molecule has 60 heavy (non-hydrogen) atoms. The Labute approximate surface area is 350 Å². The van der Waals surface area contributed by atoms with Crippen molar-refractivity contribution in [2.75, 3.05) is 41.8 Å². The summed E-state index contributed by atoms with van der Waals surface area (Å²) in [7, 11) is 0. The number of ether oxygens (including phenoxy) is 2. The Morgan fingerprint density at radius 3 is 1.78 bits per heavy atom. The number of anilines is 4. The summed E-state index contributed by atoms with van der Waals surface area (Å²) >= 11 is 0. The van der Waals surface area contributed by atoms with Gasteiger partial charge < -0.3 is 19.5 Å². The van der Waals surface area contributed by atoms with E-state index in [9.17, 15) is 19.5 Å². The van der Waals surface area contributed by atoms with Gasteiger partial charge in [0.15, 0.2) is 18.9 Å². The van der Waals surface area contributed by atoms with Gasteiger partial charge in [-0.25, -0.2) is 9.59 Å². The van der Waals surface area contributed by atoms with Gasteiger partial charge in [0.25, 0.3) is 0 Å². The van der Waals surface area contributed by atoms with Crippen molar-refractivity contribution < 1.29 is 33.5 Å². The van der Waals surface area contributed by atoms with E-state index in [1.807, 2.05) is 113 Å². The Balaban J connectivity index is 1.08. The highest BCUT2D eigenvalue weighted by Gasteiger charge is 2.31. The van der Waals surface area contributed by atoms with Crippen LogP contribution in [0, 0.1) is 27.7 Å². The maximum absolute atomic E-state index is 13.7. The van der Waals surface area contributed by atoms with E-state index in [0.717, 1.165) is 45.0 Å². The molecule has 0 radical (unpaired) electrons. The number of hydrogen-bond acceptors (Lipinski definition) is 7. The smallest absolute Gasteiger partial charge is 0.411 e. The molecule has 0 aliphatic heterocycles. The predicted octanol–water partition coefficient (Wildman–Crippen LogP) is 9.42. The molecule has 2 amide bonds. The van der Waals surface area contributed by atoms with Gasteiger partial charge in [-0.2, -0.15) is 4.58 Å². The van der Waals surface area contributed by atoms with Crippen LogP contribution >= 0.6 is 0 Å². The molecule has 0 spiro atoms. The maximum atomic E-state index is 13.7. The second-order valence-corrected chi connectivity index (χ2v) is 14.6. The molecule has 0 saturated heterocycles. The molecule has 302 valence electrons. The lowest BCUT2D eigenvalue weighted by atomic mass is 9.80. The van der Waals surface area contributed by atoms with Crippen LogP contribution in [-0.4, -0.2) is 54.6 Å². The van der Waals surface area contributed by atoms with E-state index in [2.05, 4.69) is 32.2 Å². The summed E-state index contributed by atoms with van der Waals surface area (Å²) in [5.74, 6) is -0.623. The van der Waals surface area contributed by atoms with Gasteiger partial charge in [0.2, 0.25) is 11.4 Å². The second-order valence-electron chi connectivity index (χ2n) is 14.6. The molecule has 7 rings (SSSR count). The number of hydrogen-bond donors (Lipinski definition) is 2. The first-order valence-electron chi connectivity index (χ1n) is 19.8. The summed E-state index contributed by atoms with van der Waals surface area (Å²) in [6, 6.07) is 37.8. The minimum Gasteiger partial charge on any atom is -0.871 e. The third-order valence-corrected chi connectivity index (χ3v) is 10.3. The zero-order valence-electron chi connectivity index (χ0n) is 34.0. The molecular formula is C50H46N4O6. The van der Waals surface area contributed by atoms with Crippen molar-refractivity contribution in [2.24, 2.45) is 0 Å². The van der Waals surface area contributed by atoms with Gasteiger partial charge >= 0.3 is 12.2 Å². The molecule has 0 heterocycles. The molecule has 10 nitrogen and oxygen atoms in total. The Morgan fingerprint density at radius 2 is 1.22 bits per heavy atom. The average Bonchev–Trinajstić information content (AvgIpc) is 3.23. The molecule has 0 atom stereocenters. The lowest BCUT2D eigenvalue weighted by Gasteiger charge is -2.32. The first-order valence-corrected chi connectivity index (χ1v) is 19.8. The molecule has 0 aromatic heterocycles. The molecule has 2 aliphatic rings. The Kier molecular flexibility index (Phi) is 12.5. The summed E-state index contributed by atoms with van der Waals surface area (Å²) in [4.78, 5) is 40.8. The number of aryl methyl sites for hydroxylation is 4. The van der Waals surface area contributed by atoms with Crippen molar-refractivity contribution in [1.82, 2.24) is 0 Å². The highest BCUT2D eigenvalue weighted by Crippen LogP contribution is 2.39. The van der Waals surface area contributed by atoms with Crippen LogP contribution in [0.4, 0.5) is 38.0 Å². The Morgan fingerprint density at radius 1 is 0.650 bits per heavy atom. The zero-order chi connectivity index (χ0) is 42.2. The fourth-order valence-electron chi connectivity index (χ4n) is 7.34. The Hall–Kier alpha value is -7.46. The van der Waals surface area contributed by atoms with E-state index in [1.165, 1.54) is 0 Å². The number of carbonyl (C=O) groups excluding carboxylic acids is 3. The number of amides is 2. The third-order valence-electron chi connectivity index (χ3n) is 10.3. The molecule has 2 aliphatic carbocycles. The number of nitrogens with zero attached hydrogens (tertiary/aromatic N) is 2. The first kappa shape index (κ1) is 40.7. The molecular weight excluding hydrogens is 753 g/mol. The second kappa shape index (κ2) is 18.4. The van der Waals surface area contributed by atoms with Crippen molar-refractivity contribution in [3.05, 3.63) is 190 Å². The standard InChI is InChI=1S/C50H46N4O6/c1-33-15-25-43(35(3)31-33)53(27-29-59-49(57)51-39-11-7-5-8-12-39)41-21-17-37(18-22-41)45-47(55)46(48(45)56)38-19-23-42(24-20-38)54(44-26-16-34(2)32-36(44)4)28-30-60-50(58)52-40-13-9-6-10-14-40/h5-26,31-32H,27-30H2,1-4H3,(H2-,51,52,55,56,57,58). The fraction of sp³-hybridized carbons (Fsp3) is 0.160. The van der Waals surface area contributed by atoms with Gasteiger partial charge in [0.05, 0.1) is 6.54 Å². The van der Waals surface area contributed by atoms with Crippen molar-refractivity contribution >= 4 is 57.7 Å². The SMILES string of the molecule is Cc1ccc(N(CCOC(=O)Nc2ccccc2)c2ccc(C3=C([O-])C(=C4C=CC(=[N+](CCOC(=O)Nc5ccccc5)c5ccc(C)cc5C)C=C4)C3=O)cc2)c(C)c1. The van der Waals surface area contributed by atoms with E-state index in [1.54, 1.807) is 48.6 Å². The van der Waals surface area contributed by atoms with Crippen LogP contribution in [0.3, 0.4) is 0 Å². The first-order chi connectivity index (χ1) is 29.0. The number of carbonyl (C=O) groups is 3. The van der Waals surface area contributed by atoms with Crippen LogP contribution in [0.1, 0.15) is 27.8 Å². The lowest BCUT2D eigenvalue weighted by Crippen LogP contribution is -2.30. The number of Topliss-reactive ketones (excluding diaryl/α,β-unsaturated/α-hetero) is 1. The Bertz CT molecular complexity index is 2570. The number of ketones is 1. The molecule has 0 bridgehead atoms. The highest BCUT2D eigenvalue weighted by atomic mass is 16.6. The van der Waals surface area contributed by atoms with Gasteiger partial charge in [0, 0.05) is 57.7 Å². The number of rotatable bonds is 12. The van der Waals surface area contributed by atoms with Gasteiger partial charge in [-0.05, 0) is 105 Å². The molecule has 10 heteroatoms. The van der Waals surface area contributed by atoms with Crippen LogP contribution in [0.5, 0.6) is 0 Å². The topological polar surface area (TPSA) is 123 Å². The van der Waals surface area contributed by atoms with Gasteiger partial charge in [-0.1, -0.05) is 83.6 Å². The number of para-hydroxylation sites is 2. The van der Waals surface area contributed by atoms with E-state index in [0.29, 0.717) is 35.6 Å². The van der Waals surface area contributed by atoms with Crippen molar-refractivity contribution in [2.45, 2.75) is 27.7 Å². The largest absolute Gasteiger partial charge is 0.871 e. The zero-order valence-corrected chi connectivity index (χ0v) is 34.0. The van der Waals surface area contributed by atoms with E-state index < -0.39 is 12.2 Å². The summed E-state index contributed by atoms with van der Waals surface area (Å²) < 4.78 is 13.1. The summed E-state index contributed by atoms with van der Waals surface area (Å²) in [6.45, 7) is 9.08. The predicted molar refractivity (Wildman–Crippen MR) is 235 cm³/mol. The minimum absolute atomic E-state index is 0.112. The summed E-state index contributed by atoms with van der Waals surface area (Å²) in [5.41, 5.74) is 10.5. The van der Waals surface area contributed by atoms with Crippen molar-refractivity contribution in [3.8, 4) is 0 Å². The maximum Gasteiger partial charge on any atom is 0.411 e. The third kappa shape index (κ3) is 9.45. The lowest BCUT2D eigenvalue weighted by molar-refractivity contribution is -0.442. The van der Waals surface area contributed by atoms with Crippen LogP contribution in [0.25, 0.3) is 5.57 Å². The summed E-state index contributed by atoms with van der Waals surface area (Å²) in [6.07, 6.45) is 6.20. The summed E-state index contributed by atoms with van der Waals surface area (Å²) in [5, 5.41) is 19.1. The molecule has 5 aromatic rings. The van der Waals surface area contributed by atoms with Gasteiger partial charge in [0.1, 0.15) is 6.61 Å². The minimum atomic E-state index is -0.550. The number of benzene rings is 5. The van der Waals surface area contributed by atoms with Crippen LogP contribution in [-0.2, 0) is 14.3 Å². The molecule has 0 saturated carbocycles. The average molecular weight is 799 g/mol. The molecule has 5 aromatic carbocycles. The van der Waals surface area contributed by atoms with Crippen LogP contribution < -0.4 is 20.6 Å². The molecule has 0 fully saturated rings. The van der Waals surface area contributed by atoms with Crippen LogP contribution in [0.15, 0.2) is 163 Å². The van der Waals surface area contributed by atoms with Gasteiger partial charge in [-0.15, -0.1) is 0 Å². The molecule has 2 N–H and O–H groups in total. The monoisotopic (exact) mass is 798 g/mol. The molecule has 0 unspecified atom stereocenters.